The molecule has 0 saturated carbocycles. The lowest BCUT2D eigenvalue weighted by molar-refractivity contribution is -0.130. The zero-order chi connectivity index (χ0) is 28.7. The molecule has 1 aliphatic heterocycles. The van der Waals surface area contributed by atoms with Gasteiger partial charge in [-0.15, -0.1) is 0 Å². The minimum atomic E-state index is -0.998. The van der Waals surface area contributed by atoms with Crippen LogP contribution in [0, 0.1) is 5.92 Å². The Labute approximate surface area is 230 Å². The Morgan fingerprint density at radius 1 is 0.659 bits per heavy atom. The number of rotatable bonds is 1. The van der Waals surface area contributed by atoms with E-state index in [1.54, 1.807) is 13.8 Å². The summed E-state index contributed by atoms with van der Waals surface area (Å²) in [5, 5.41) is 7.90. The Balaban J connectivity index is 1.33. The second kappa shape index (κ2) is 10.2. The van der Waals surface area contributed by atoms with Gasteiger partial charge >= 0.3 is 0 Å². The summed E-state index contributed by atoms with van der Waals surface area (Å²) in [6.07, 6.45) is 6.39. The number of carbonyl (C=O) groups excluding carboxylic acids is 3. The SMILES string of the molecule is CC1NC(=O)c2coc(n2)-c2coc(n2)-c2coc(n2)-c2coc(n2)-c2coc(n2)CNC(=O)C(C(C)C)NC1=O. The van der Waals surface area contributed by atoms with Crippen molar-refractivity contribution < 1.29 is 36.5 Å². The van der Waals surface area contributed by atoms with Crippen molar-refractivity contribution in [2.24, 2.45) is 5.92 Å². The van der Waals surface area contributed by atoms with Crippen LogP contribution in [-0.4, -0.2) is 54.7 Å². The molecule has 16 heteroatoms. The van der Waals surface area contributed by atoms with Crippen LogP contribution in [0.1, 0.15) is 37.2 Å². The Kier molecular flexibility index (Phi) is 6.41. The van der Waals surface area contributed by atoms with Gasteiger partial charge in [-0.25, -0.2) is 24.9 Å². The molecule has 2 atom stereocenters. The molecule has 3 N–H and O–H groups in total. The van der Waals surface area contributed by atoms with E-state index < -0.39 is 29.8 Å². The maximum atomic E-state index is 12.9. The molecule has 3 amide bonds. The minimum Gasteiger partial charge on any atom is -0.446 e. The van der Waals surface area contributed by atoms with Gasteiger partial charge in [-0.1, -0.05) is 13.8 Å². The van der Waals surface area contributed by atoms with Crippen molar-refractivity contribution in [3.05, 3.63) is 42.9 Å². The van der Waals surface area contributed by atoms with Gasteiger partial charge in [0, 0.05) is 0 Å². The van der Waals surface area contributed by atoms with Crippen LogP contribution in [0.15, 0.2) is 53.4 Å². The summed E-state index contributed by atoms with van der Waals surface area (Å²) in [7, 11) is 0. The average molecular weight is 562 g/mol. The minimum absolute atomic E-state index is 0.00472. The van der Waals surface area contributed by atoms with Crippen LogP contribution in [-0.2, 0) is 16.1 Å². The lowest BCUT2D eigenvalue weighted by Gasteiger charge is -2.23. The molecule has 5 aromatic rings. The number of nitrogens with one attached hydrogen (secondary N) is 3. The van der Waals surface area contributed by atoms with E-state index in [-0.39, 0.29) is 70.4 Å². The Morgan fingerprint density at radius 2 is 1.12 bits per heavy atom. The molecule has 10 bridgehead atoms. The van der Waals surface area contributed by atoms with Crippen molar-refractivity contribution in [3.63, 3.8) is 0 Å². The predicted molar refractivity (Wildman–Crippen MR) is 134 cm³/mol. The van der Waals surface area contributed by atoms with E-state index >= 15 is 0 Å². The number of hydrogen-bond acceptors (Lipinski definition) is 13. The molecule has 2 unspecified atom stereocenters. The molecule has 6 rings (SSSR count). The van der Waals surface area contributed by atoms with Crippen molar-refractivity contribution in [3.8, 4) is 46.3 Å². The highest BCUT2D eigenvalue weighted by molar-refractivity contribution is 5.97. The van der Waals surface area contributed by atoms with Crippen molar-refractivity contribution in [1.82, 2.24) is 40.9 Å². The first-order valence-corrected chi connectivity index (χ1v) is 12.4. The van der Waals surface area contributed by atoms with Gasteiger partial charge in [-0.3, -0.25) is 14.4 Å². The van der Waals surface area contributed by atoms with E-state index in [4.69, 9.17) is 22.1 Å². The molecule has 0 aliphatic carbocycles. The van der Waals surface area contributed by atoms with Gasteiger partial charge in [0.2, 0.25) is 41.3 Å². The summed E-state index contributed by atoms with van der Waals surface area (Å²) < 4.78 is 27.4. The molecule has 0 fully saturated rings. The smallest absolute Gasteiger partial charge is 0.273 e. The molecule has 1 aliphatic rings. The molecule has 0 aromatic carbocycles. The summed E-state index contributed by atoms with van der Waals surface area (Å²) in [6.45, 7) is 4.96. The van der Waals surface area contributed by atoms with Crippen LogP contribution < -0.4 is 16.0 Å². The van der Waals surface area contributed by atoms with Crippen molar-refractivity contribution in [2.45, 2.75) is 39.4 Å². The largest absolute Gasteiger partial charge is 0.446 e. The zero-order valence-corrected chi connectivity index (χ0v) is 21.8. The van der Waals surface area contributed by atoms with Crippen LogP contribution in [0.25, 0.3) is 46.3 Å². The van der Waals surface area contributed by atoms with Gasteiger partial charge in [0.05, 0.1) is 6.54 Å². The van der Waals surface area contributed by atoms with Crippen LogP contribution >= 0.6 is 0 Å². The Hall–Kier alpha value is -5.54. The van der Waals surface area contributed by atoms with E-state index in [1.807, 2.05) is 0 Å². The van der Waals surface area contributed by atoms with Gasteiger partial charge in [0.25, 0.3) is 5.91 Å². The first kappa shape index (κ1) is 25.7. The third-order valence-corrected chi connectivity index (χ3v) is 6.08. The van der Waals surface area contributed by atoms with Crippen molar-refractivity contribution in [1.29, 1.82) is 0 Å². The third-order valence-electron chi connectivity index (χ3n) is 6.08. The van der Waals surface area contributed by atoms with Gasteiger partial charge in [-0.2, -0.15) is 0 Å². The second-order valence-electron chi connectivity index (χ2n) is 9.42. The lowest BCUT2D eigenvalue weighted by Crippen LogP contribution is -2.54. The van der Waals surface area contributed by atoms with Gasteiger partial charge in [0.1, 0.15) is 43.4 Å². The van der Waals surface area contributed by atoms with Crippen LogP contribution in [0.2, 0.25) is 0 Å². The highest BCUT2D eigenvalue weighted by atomic mass is 16.4. The highest BCUT2D eigenvalue weighted by Crippen LogP contribution is 2.28. The maximum Gasteiger partial charge on any atom is 0.273 e. The van der Waals surface area contributed by atoms with Crippen LogP contribution in [0.4, 0.5) is 0 Å². The number of carbonyl (C=O) groups is 3. The van der Waals surface area contributed by atoms with Gasteiger partial charge in [-0.05, 0) is 12.8 Å². The molecule has 5 aromatic heterocycles. The van der Waals surface area contributed by atoms with Crippen molar-refractivity contribution in [2.75, 3.05) is 0 Å². The molecular weight excluding hydrogens is 540 g/mol. The molecular formula is C25H22N8O8. The summed E-state index contributed by atoms with van der Waals surface area (Å²) in [4.78, 5) is 59.9. The molecule has 6 heterocycles. The fourth-order valence-corrected chi connectivity index (χ4v) is 3.88. The Bertz CT molecular complexity index is 1740. The van der Waals surface area contributed by atoms with E-state index in [0.29, 0.717) is 0 Å². The second-order valence-corrected chi connectivity index (χ2v) is 9.42. The number of fused-ring (bicyclic) bond motifs is 14. The average Bonchev–Trinajstić information content (AvgIpc) is 3.78. The number of hydrogen-bond donors (Lipinski definition) is 3. The summed E-state index contributed by atoms with van der Waals surface area (Å²) in [6, 6.07) is -1.90. The topological polar surface area (TPSA) is 217 Å². The fraction of sp³-hybridized carbons (Fsp3) is 0.280. The van der Waals surface area contributed by atoms with Crippen LogP contribution in [0.5, 0.6) is 0 Å². The molecule has 16 nitrogen and oxygen atoms in total. The van der Waals surface area contributed by atoms with Gasteiger partial charge < -0.3 is 38.0 Å². The molecule has 41 heavy (non-hydrogen) atoms. The standard InChI is InChI=1S/C25H22N8O8/c1-10(2)18-21(36)26-4-17-28-13(6-37-17)22-30-15(8-39-22)24-32-16(9-41-24)25-31-14(7-40-25)23-29-12(5-38-23)20(35)27-11(3)19(34)33-18/h5-11,18H,4H2,1-3H3,(H,26,36)(H,27,35)(H,33,34). The van der Waals surface area contributed by atoms with Crippen LogP contribution in [0.3, 0.4) is 0 Å². The summed E-state index contributed by atoms with van der Waals surface area (Å²) in [5.41, 5.74) is 0.919. The molecule has 0 spiro atoms. The van der Waals surface area contributed by atoms with Crippen molar-refractivity contribution >= 4 is 17.7 Å². The third kappa shape index (κ3) is 5.09. The highest BCUT2D eigenvalue weighted by Gasteiger charge is 2.28. The van der Waals surface area contributed by atoms with E-state index in [9.17, 15) is 14.4 Å². The predicted octanol–water partition coefficient (Wildman–Crippen LogP) is 2.18. The Morgan fingerprint density at radius 3 is 1.66 bits per heavy atom. The molecule has 210 valence electrons. The van der Waals surface area contributed by atoms with E-state index in [1.165, 1.54) is 32.0 Å². The first-order chi connectivity index (χ1) is 19.7. The van der Waals surface area contributed by atoms with E-state index in [0.717, 1.165) is 6.26 Å². The molecule has 0 saturated heterocycles. The monoisotopic (exact) mass is 562 g/mol. The molecule has 0 radical (unpaired) electrons. The lowest BCUT2D eigenvalue weighted by atomic mass is 10.0. The number of nitrogens with zero attached hydrogens (tertiary/aromatic N) is 5. The fourth-order valence-electron chi connectivity index (χ4n) is 3.88. The summed E-state index contributed by atoms with van der Waals surface area (Å²) >= 11 is 0. The van der Waals surface area contributed by atoms with Gasteiger partial charge in [0.15, 0.2) is 28.5 Å². The maximum absolute atomic E-state index is 12.9. The number of amides is 3. The summed E-state index contributed by atoms with van der Waals surface area (Å²) in [5.74, 6) is -1.42. The zero-order valence-electron chi connectivity index (χ0n) is 21.8. The first-order valence-electron chi connectivity index (χ1n) is 12.4. The quantitative estimate of drug-likeness (QED) is 0.267. The van der Waals surface area contributed by atoms with E-state index in [2.05, 4.69) is 40.9 Å². The normalized spacial score (nSPS) is 18.0. The number of oxazole rings is 5. The number of aromatic nitrogens is 5.